The molecule has 0 saturated carbocycles. The predicted octanol–water partition coefficient (Wildman–Crippen LogP) is 2.30. The first kappa shape index (κ1) is 14.8. The Morgan fingerprint density at radius 1 is 1.61 bits per heavy atom. The van der Waals surface area contributed by atoms with Crippen LogP contribution in [0.15, 0.2) is 10.5 Å². The summed E-state index contributed by atoms with van der Waals surface area (Å²) in [6.07, 6.45) is 1.50. The number of anilines is 1. The number of amidine groups is 1. The molecule has 18 heavy (non-hydrogen) atoms. The second kappa shape index (κ2) is 7.20. The highest BCUT2D eigenvalue weighted by Crippen LogP contribution is 2.22. The molecule has 102 valence electrons. The zero-order valence-electron chi connectivity index (χ0n) is 11.3. The number of oxime groups is 1. The van der Waals surface area contributed by atoms with Crippen LogP contribution < -0.4 is 10.6 Å². The molecule has 1 heterocycles. The van der Waals surface area contributed by atoms with Crippen LogP contribution in [0.1, 0.15) is 32.9 Å². The number of rotatable bonds is 7. The van der Waals surface area contributed by atoms with Gasteiger partial charge in [0.25, 0.3) is 0 Å². The third-order valence-corrected chi connectivity index (χ3v) is 3.47. The fourth-order valence-corrected chi connectivity index (χ4v) is 2.55. The van der Waals surface area contributed by atoms with Crippen LogP contribution in [0.5, 0.6) is 0 Å². The van der Waals surface area contributed by atoms with Crippen LogP contribution in [0.4, 0.5) is 5.13 Å². The Kier molecular flexibility index (Phi) is 5.91. The first-order chi connectivity index (χ1) is 8.56. The smallest absolute Gasteiger partial charge is 0.185 e. The van der Waals surface area contributed by atoms with Crippen molar-refractivity contribution < 1.29 is 5.21 Å². The molecule has 0 fully saturated rings. The van der Waals surface area contributed by atoms with Crippen molar-refractivity contribution in [2.75, 3.05) is 18.0 Å². The molecule has 3 N–H and O–H groups in total. The maximum atomic E-state index is 8.57. The number of nitrogens with zero attached hydrogens (tertiary/aromatic N) is 3. The second-order valence-corrected chi connectivity index (χ2v) is 5.49. The van der Waals surface area contributed by atoms with E-state index in [1.807, 2.05) is 0 Å². The predicted molar refractivity (Wildman–Crippen MR) is 76.6 cm³/mol. The number of aromatic nitrogens is 1. The van der Waals surface area contributed by atoms with Gasteiger partial charge in [0, 0.05) is 24.9 Å². The topological polar surface area (TPSA) is 74.7 Å². The Morgan fingerprint density at radius 3 is 2.83 bits per heavy atom. The van der Waals surface area contributed by atoms with Crippen LogP contribution in [-0.4, -0.2) is 29.1 Å². The van der Waals surface area contributed by atoms with E-state index in [4.69, 9.17) is 10.9 Å². The average Bonchev–Trinajstić information content (AvgIpc) is 2.82. The molecule has 0 aliphatic heterocycles. The molecule has 0 aliphatic carbocycles. The third-order valence-electron chi connectivity index (χ3n) is 2.52. The van der Waals surface area contributed by atoms with Gasteiger partial charge in [0.1, 0.15) is 5.84 Å². The number of aryl methyl sites for hydroxylation is 1. The molecule has 1 aromatic rings. The number of hydrogen-bond acceptors (Lipinski definition) is 5. The standard InChI is InChI=1S/C12H22N4OS/c1-4-10-8-18-12(14-10)16(7-9(2)3)6-5-11(13)15-17/h8-9,17H,4-7H2,1-3H3,(H2,13,15). The minimum absolute atomic E-state index is 0.260. The van der Waals surface area contributed by atoms with Gasteiger partial charge in [0.2, 0.25) is 0 Å². The van der Waals surface area contributed by atoms with Gasteiger partial charge in [-0.3, -0.25) is 0 Å². The van der Waals surface area contributed by atoms with Crippen LogP contribution in [0.25, 0.3) is 0 Å². The fraction of sp³-hybridized carbons (Fsp3) is 0.667. The van der Waals surface area contributed by atoms with Gasteiger partial charge in [0.05, 0.1) is 5.69 Å². The molecule has 0 atom stereocenters. The summed E-state index contributed by atoms with van der Waals surface area (Å²) in [6.45, 7) is 8.10. The lowest BCUT2D eigenvalue weighted by Gasteiger charge is -2.23. The summed E-state index contributed by atoms with van der Waals surface area (Å²) in [5.74, 6) is 0.808. The first-order valence-electron chi connectivity index (χ1n) is 6.22. The molecule has 0 radical (unpaired) electrons. The van der Waals surface area contributed by atoms with Crippen molar-refractivity contribution in [2.24, 2.45) is 16.8 Å². The minimum atomic E-state index is 0.260. The average molecular weight is 270 g/mol. The summed E-state index contributed by atoms with van der Waals surface area (Å²) in [6, 6.07) is 0. The number of thiazole rings is 1. The van der Waals surface area contributed by atoms with Gasteiger partial charge >= 0.3 is 0 Å². The van der Waals surface area contributed by atoms with Gasteiger partial charge in [-0.1, -0.05) is 25.9 Å². The van der Waals surface area contributed by atoms with E-state index in [1.54, 1.807) is 11.3 Å². The highest BCUT2D eigenvalue weighted by Gasteiger charge is 2.13. The number of nitrogens with two attached hydrogens (primary N) is 1. The van der Waals surface area contributed by atoms with Crippen LogP contribution in [0.3, 0.4) is 0 Å². The quantitative estimate of drug-likeness (QED) is 0.345. The normalized spacial score (nSPS) is 12.1. The van der Waals surface area contributed by atoms with Crippen molar-refractivity contribution in [3.63, 3.8) is 0 Å². The van der Waals surface area contributed by atoms with Gasteiger partial charge in [-0.25, -0.2) is 4.98 Å². The van der Waals surface area contributed by atoms with Crippen molar-refractivity contribution in [2.45, 2.75) is 33.6 Å². The largest absolute Gasteiger partial charge is 0.409 e. The van der Waals surface area contributed by atoms with Crippen molar-refractivity contribution in [1.82, 2.24) is 4.98 Å². The third kappa shape index (κ3) is 4.52. The summed E-state index contributed by atoms with van der Waals surface area (Å²) in [5.41, 5.74) is 6.64. The van der Waals surface area contributed by atoms with Crippen molar-refractivity contribution in [3.8, 4) is 0 Å². The summed E-state index contributed by atoms with van der Waals surface area (Å²) < 4.78 is 0. The summed E-state index contributed by atoms with van der Waals surface area (Å²) >= 11 is 1.66. The Labute approximate surface area is 112 Å². The molecule has 0 aliphatic rings. The Balaban J connectivity index is 2.71. The first-order valence-corrected chi connectivity index (χ1v) is 7.10. The molecule has 1 aromatic heterocycles. The molecular formula is C12H22N4OS. The van der Waals surface area contributed by atoms with E-state index in [-0.39, 0.29) is 5.84 Å². The number of hydrogen-bond donors (Lipinski definition) is 2. The molecule has 0 spiro atoms. The van der Waals surface area contributed by atoms with E-state index in [9.17, 15) is 0 Å². The van der Waals surface area contributed by atoms with Gasteiger partial charge in [-0.2, -0.15) is 0 Å². The lowest BCUT2D eigenvalue weighted by molar-refractivity contribution is 0.317. The summed E-state index contributed by atoms with van der Waals surface area (Å²) in [7, 11) is 0. The maximum Gasteiger partial charge on any atom is 0.185 e. The highest BCUT2D eigenvalue weighted by molar-refractivity contribution is 7.13. The fourth-order valence-electron chi connectivity index (χ4n) is 1.61. The van der Waals surface area contributed by atoms with E-state index in [1.165, 1.54) is 0 Å². The molecule has 0 saturated heterocycles. The van der Waals surface area contributed by atoms with E-state index in [2.05, 4.69) is 41.2 Å². The zero-order chi connectivity index (χ0) is 13.5. The van der Waals surface area contributed by atoms with Crippen LogP contribution >= 0.6 is 11.3 Å². The van der Waals surface area contributed by atoms with E-state index >= 15 is 0 Å². The van der Waals surface area contributed by atoms with Gasteiger partial charge in [0.15, 0.2) is 5.13 Å². The molecule has 6 heteroatoms. The highest BCUT2D eigenvalue weighted by atomic mass is 32.1. The lowest BCUT2D eigenvalue weighted by atomic mass is 10.2. The molecule has 0 unspecified atom stereocenters. The van der Waals surface area contributed by atoms with E-state index in [0.29, 0.717) is 12.3 Å². The van der Waals surface area contributed by atoms with Crippen molar-refractivity contribution >= 4 is 22.3 Å². The minimum Gasteiger partial charge on any atom is -0.409 e. The van der Waals surface area contributed by atoms with Crippen molar-refractivity contribution in [3.05, 3.63) is 11.1 Å². The Bertz CT molecular complexity index is 389. The SMILES string of the molecule is CCc1csc(N(CCC(N)=NO)CC(C)C)n1. The van der Waals surface area contributed by atoms with Gasteiger partial charge < -0.3 is 15.8 Å². The monoisotopic (exact) mass is 270 g/mol. The molecular weight excluding hydrogens is 248 g/mol. The summed E-state index contributed by atoms with van der Waals surface area (Å²) in [5, 5.41) is 14.7. The van der Waals surface area contributed by atoms with E-state index in [0.717, 1.165) is 30.3 Å². The summed E-state index contributed by atoms with van der Waals surface area (Å²) in [4.78, 5) is 6.79. The molecule has 0 bridgehead atoms. The molecule has 1 rings (SSSR count). The lowest BCUT2D eigenvalue weighted by Crippen LogP contribution is -2.31. The van der Waals surface area contributed by atoms with Crippen molar-refractivity contribution in [1.29, 1.82) is 0 Å². The molecule has 5 nitrogen and oxygen atoms in total. The molecule has 0 aromatic carbocycles. The van der Waals surface area contributed by atoms with Crippen LogP contribution in [-0.2, 0) is 6.42 Å². The second-order valence-electron chi connectivity index (χ2n) is 4.66. The Morgan fingerprint density at radius 2 is 2.33 bits per heavy atom. The van der Waals surface area contributed by atoms with Crippen LogP contribution in [0, 0.1) is 5.92 Å². The van der Waals surface area contributed by atoms with Crippen LogP contribution in [0.2, 0.25) is 0 Å². The maximum absolute atomic E-state index is 8.57. The Hall–Kier alpha value is -1.30. The van der Waals surface area contributed by atoms with E-state index < -0.39 is 0 Å². The van der Waals surface area contributed by atoms with Gasteiger partial charge in [-0.15, -0.1) is 11.3 Å². The zero-order valence-corrected chi connectivity index (χ0v) is 12.1. The van der Waals surface area contributed by atoms with Gasteiger partial charge in [-0.05, 0) is 12.3 Å². The molecule has 0 amide bonds.